The second-order valence-corrected chi connectivity index (χ2v) is 10.5. The first-order valence-corrected chi connectivity index (χ1v) is 12.3. The summed E-state index contributed by atoms with van der Waals surface area (Å²) in [5, 5.41) is 9.70. The Kier molecular flexibility index (Phi) is 5.47. The number of rotatable bonds is 6. The molecule has 7 nitrogen and oxygen atoms in total. The number of aryl methyl sites for hydroxylation is 1. The zero-order valence-electron chi connectivity index (χ0n) is 17.8. The molecule has 0 saturated carbocycles. The topological polar surface area (TPSA) is 86.9 Å². The van der Waals surface area contributed by atoms with Gasteiger partial charge in [-0.15, -0.1) is 21.5 Å². The number of furan rings is 1. The normalized spacial score (nSPS) is 16.3. The van der Waals surface area contributed by atoms with E-state index in [0.29, 0.717) is 46.8 Å². The van der Waals surface area contributed by atoms with Crippen LogP contribution in [0.25, 0.3) is 21.9 Å². The predicted molar refractivity (Wildman–Crippen MR) is 121 cm³/mol. The highest BCUT2D eigenvalue weighted by atomic mass is 32.2. The van der Waals surface area contributed by atoms with Crippen LogP contribution in [0, 0.1) is 11.8 Å². The van der Waals surface area contributed by atoms with E-state index in [-0.39, 0.29) is 5.56 Å². The summed E-state index contributed by atoms with van der Waals surface area (Å²) in [6.07, 6.45) is 4.71. The number of fused-ring (bicyclic) bond motifs is 3. The Morgan fingerprint density at radius 2 is 2.23 bits per heavy atom. The highest BCUT2D eigenvalue weighted by Crippen LogP contribution is 2.37. The molecule has 31 heavy (non-hydrogen) atoms. The highest BCUT2D eigenvalue weighted by molar-refractivity contribution is 7.98. The minimum Gasteiger partial charge on any atom is -0.459 e. The summed E-state index contributed by atoms with van der Waals surface area (Å²) in [4.78, 5) is 20.6. The van der Waals surface area contributed by atoms with Crippen molar-refractivity contribution in [2.45, 2.75) is 57.5 Å². The van der Waals surface area contributed by atoms with Crippen LogP contribution < -0.4 is 5.56 Å². The predicted octanol–water partition coefficient (Wildman–Crippen LogP) is 5.17. The molecule has 1 aliphatic rings. The van der Waals surface area contributed by atoms with Gasteiger partial charge in [0, 0.05) is 11.4 Å². The average Bonchev–Trinajstić information content (AvgIpc) is 3.47. The van der Waals surface area contributed by atoms with Gasteiger partial charge in [-0.2, -0.15) is 0 Å². The Hall–Kier alpha value is -2.39. The van der Waals surface area contributed by atoms with E-state index in [1.54, 1.807) is 29.7 Å². The van der Waals surface area contributed by atoms with Crippen LogP contribution in [0.5, 0.6) is 0 Å². The lowest BCUT2D eigenvalue weighted by Gasteiger charge is -2.18. The fraction of sp³-hybridized carbons (Fsp3) is 0.455. The molecule has 0 fully saturated rings. The van der Waals surface area contributed by atoms with E-state index in [9.17, 15) is 4.79 Å². The van der Waals surface area contributed by atoms with Gasteiger partial charge < -0.3 is 8.83 Å². The van der Waals surface area contributed by atoms with E-state index in [0.717, 1.165) is 29.5 Å². The zero-order chi connectivity index (χ0) is 21.5. The van der Waals surface area contributed by atoms with Crippen LogP contribution in [0.15, 0.2) is 37.2 Å². The van der Waals surface area contributed by atoms with Crippen molar-refractivity contribution in [2.75, 3.05) is 0 Å². The third-order valence-electron chi connectivity index (χ3n) is 5.45. The van der Waals surface area contributed by atoms with Gasteiger partial charge in [-0.25, -0.2) is 4.98 Å². The molecule has 0 saturated heterocycles. The number of aromatic nitrogens is 4. The average molecular weight is 457 g/mol. The van der Waals surface area contributed by atoms with Gasteiger partial charge >= 0.3 is 0 Å². The summed E-state index contributed by atoms with van der Waals surface area (Å²) in [5.74, 6) is 2.79. The van der Waals surface area contributed by atoms with Gasteiger partial charge in [-0.05, 0) is 48.8 Å². The Morgan fingerprint density at radius 1 is 1.35 bits per heavy atom. The van der Waals surface area contributed by atoms with Gasteiger partial charge in [0.1, 0.15) is 4.83 Å². The minimum atomic E-state index is 0.0788. The fourth-order valence-electron chi connectivity index (χ4n) is 3.98. The molecule has 162 valence electrons. The summed E-state index contributed by atoms with van der Waals surface area (Å²) in [5.41, 5.74) is 1.31. The minimum absolute atomic E-state index is 0.0788. The molecule has 4 aromatic rings. The molecule has 0 amide bonds. The molecule has 0 bridgehead atoms. The largest absolute Gasteiger partial charge is 0.459 e. The summed E-state index contributed by atoms with van der Waals surface area (Å²) in [7, 11) is 0. The molecule has 4 aromatic heterocycles. The smallest absolute Gasteiger partial charge is 0.283 e. The summed E-state index contributed by atoms with van der Waals surface area (Å²) in [6.45, 7) is 7.14. The maximum atomic E-state index is 13.5. The first kappa shape index (κ1) is 20.5. The van der Waals surface area contributed by atoms with Crippen molar-refractivity contribution >= 4 is 33.3 Å². The van der Waals surface area contributed by atoms with Crippen molar-refractivity contribution in [2.24, 2.45) is 11.8 Å². The van der Waals surface area contributed by atoms with Crippen molar-refractivity contribution in [3.8, 4) is 11.7 Å². The van der Waals surface area contributed by atoms with Gasteiger partial charge in [0.25, 0.3) is 11.4 Å². The van der Waals surface area contributed by atoms with Crippen molar-refractivity contribution in [1.29, 1.82) is 0 Å². The maximum absolute atomic E-state index is 13.5. The van der Waals surface area contributed by atoms with Crippen molar-refractivity contribution in [1.82, 2.24) is 19.7 Å². The molecule has 0 radical (unpaired) electrons. The summed E-state index contributed by atoms with van der Waals surface area (Å²) >= 11 is 3.14. The van der Waals surface area contributed by atoms with Gasteiger partial charge in [-0.3, -0.25) is 9.36 Å². The van der Waals surface area contributed by atoms with Gasteiger partial charge in [-0.1, -0.05) is 32.5 Å². The molecule has 4 heterocycles. The highest BCUT2D eigenvalue weighted by Gasteiger charge is 2.25. The number of nitrogens with zero attached hydrogens (tertiary/aromatic N) is 4. The van der Waals surface area contributed by atoms with E-state index in [4.69, 9.17) is 13.8 Å². The Labute approximate surface area is 187 Å². The Balaban J connectivity index is 1.49. The lowest BCUT2D eigenvalue weighted by Crippen LogP contribution is -2.26. The first-order chi connectivity index (χ1) is 15.0. The number of thiophene rings is 1. The molecular weight excluding hydrogens is 432 g/mol. The van der Waals surface area contributed by atoms with Crippen LogP contribution in [-0.2, 0) is 25.1 Å². The van der Waals surface area contributed by atoms with E-state index in [1.165, 1.54) is 22.2 Å². The molecule has 1 atom stereocenters. The van der Waals surface area contributed by atoms with Crippen LogP contribution in [-0.4, -0.2) is 19.7 Å². The summed E-state index contributed by atoms with van der Waals surface area (Å²) < 4.78 is 12.9. The van der Waals surface area contributed by atoms with Gasteiger partial charge in [0.15, 0.2) is 10.9 Å². The lowest BCUT2D eigenvalue weighted by molar-refractivity contribution is 0.473. The van der Waals surface area contributed by atoms with Crippen LogP contribution in [0.3, 0.4) is 0 Å². The fourth-order valence-corrected chi connectivity index (χ4v) is 6.25. The molecule has 0 aliphatic heterocycles. The quantitative estimate of drug-likeness (QED) is 0.292. The monoisotopic (exact) mass is 456 g/mol. The number of hydrogen-bond acceptors (Lipinski definition) is 8. The molecule has 9 heteroatoms. The third kappa shape index (κ3) is 3.96. The van der Waals surface area contributed by atoms with E-state index >= 15 is 0 Å². The molecule has 1 aliphatic carbocycles. The molecule has 0 N–H and O–H groups in total. The van der Waals surface area contributed by atoms with Crippen LogP contribution >= 0.6 is 23.1 Å². The van der Waals surface area contributed by atoms with Gasteiger partial charge in [0.2, 0.25) is 5.89 Å². The second kappa shape index (κ2) is 8.27. The molecule has 0 aromatic carbocycles. The number of hydrogen-bond donors (Lipinski definition) is 0. The molecule has 5 rings (SSSR count). The van der Waals surface area contributed by atoms with Crippen molar-refractivity contribution in [3.63, 3.8) is 0 Å². The standard InChI is InChI=1S/C22H24N4O3S2/c1-12(2)10-26-21(27)18-14-7-6-13(3)9-16(14)31-20(18)23-22(26)30-11-17-24-25-19(29-17)15-5-4-8-28-15/h4-5,8,12-13H,6-7,9-11H2,1-3H3. The zero-order valence-corrected chi connectivity index (χ0v) is 19.4. The van der Waals surface area contributed by atoms with E-state index in [2.05, 4.69) is 31.0 Å². The maximum Gasteiger partial charge on any atom is 0.283 e. The second-order valence-electron chi connectivity index (χ2n) is 8.50. The Morgan fingerprint density at radius 3 is 3.00 bits per heavy atom. The van der Waals surface area contributed by atoms with Crippen LogP contribution in [0.2, 0.25) is 0 Å². The van der Waals surface area contributed by atoms with E-state index < -0.39 is 0 Å². The summed E-state index contributed by atoms with van der Waals surface area (Å²) in [6, 6.07) is 3.55. The Bertz CT molecular complexity index is 1270. The SMILES string of the molecule is CC(C)Cn1c(SCc2nnc(-c3ccco3)o2)nc2sc3c(c2c1=O)CCC(C)C3. The van der Waals surface area contributed by atoms with Crippen molar-refractivity contribution in [3.05, 3.63) is 45.1 Å². The van der Waals surface area contributed by atoms with Crippen molar-refractivity contribution < 1.29 is 8.83 Å². The third-order valence-corrected chi connectivity index (χ3v) is 7.56. The molecule has 1 unspecified atom stereocenters. The number of thioether (sulfide) groups is 1. The van der Waals surface area contributed by atoms with Gasteiger partial charge in [0.05, 0.1) is 17.4 Å². The molecule has 0 spiro atoms. The van der Waals surface area contributed by atoms with Crippen LogP contribution in [0.4, 0.5) is 0 Å². The lowest BCUT2D eigenvalue weighted by atomic mass is 9.89. The van der Waals surface area contributed by atoms with E-state index in [1.807, 2.05) is 4.57 Å². The van der Waals surface area contributed by atoms with Crippen LogP contribution in [0.1, 0.15) is 43.5 Å². The molecular formula is C22H24N4O3S2. The first-order valence-electron chi connectivity index (χ1n) is 10.5.